The lowest BCUT2D eigenvalue weighted by Crippen LogP contribution is -2.32. The molecule has 0 saturated carbocycles. The van der Waals surface area contributed by atoms with E-state index in [-0.39, 0.29) is 31.3 Å². The van der Waals surface area contributed by atoms with Crippen molar-refractivity contribution in [3.8, 4) is 11.1 Å². The smallest absolute Gasteiger partial charge is 0.305 e. The molecular weight excluding hydrogens is 562 g/mol. The van der Waals surface area contributed by atoms with Crippen molar-refractivity contribution in [1.29, 1.82) is 0 Å². The number of benzene rings is 2. The highest BCUT2D eigenvalue weighted by Crippen LogP contribution is 2.32. The molecule has 0 aliphatic heterocycles. The van der Waals surface area contributed by atoms with Crippen LogP contribution in [0.2, 0.25) is 0 Å². The van der Waals surface area contributed by atoms with E-state index in [4.69, 9.17) is 0 Å². The molecular formula is C33H37N5O4S. The topological polar surface area (TPSA) is 106 Å². The van der Waals surface area contributed by atoms with Gasteiger partial charge in [-0.3, -0.25) is 19.4 Å². The maximum Gasteiger partial charge on any atom is 0.305 e. The highest BCUT2D eigenvalue weighted by molar-refractivity contribution is 7.12. The molecule has 0 atom stereocenters. The Morgan fingerprint density at radius 2 is 1.72 bits per heavy atom. The summed E-state index contributed by atoms with van der Waals surface area (Å²) in [5, 5.41) is 14.3. The van der Waals surface area contributed by atoms with Gasteiger partial charge in [0.25, 0.3) is 11.8 Å². The largest absolute Gasteiger partial charge is 0.481 e. The Morgan fingerprint density at radius 1 is 0.907 bits per heavy atom. The van der Waals surface area contributed by atoms with Gasteiger partial charge >= 0.3 is 5.97 Å². The van der Waals surface area contributed by atoms with E-state index in [1.54, 1.807) is 24.4 Å². The first-order chi connectivity index (χ1) is 20.7. The summed E-state index contributed by atoms with van der Waals surface area (Å²) in [6, 6.07) is 20.8. The van der Waals surface area contributed by atoms with Crippen LogP contribution in [0.5, 0.6) is 0 Å². The summed E-state index contributed by atoms with van der Waals surface area (Å²) in [4.78, 5) is 48.1. The molecule has 0 bridgehead atoms. The molecule has 2 heterocycles. The van der Waals surface area contributed by atoms with Crippen molar-refractivity contribution < 1.29 is 19.5 Å². The Labute approximate surface area is 256 Å². The van der Waals surface area contributed by atoms with Crippen LogP contribution in [-0.2, 0) is 11.3 Å². The molecule has 4 aromatic rings. The van der Waals surface area contributed by atoms with Crippen LogP contribution >= 0.6 is 11.3 Å². The van der Waals surface area contributed by atoms with E-state index in [1.807, 2.05) is 61.0 Å². The van der Waals surface area contributed by atoms with Crippen LogP contribution in [0.15, 0.2) is 84.5 Å². The van der Waals surface area contributed by atoms with Gasteiger partial charge in [0.1, 0.15) is 0 Å². The molecule has 9 nitrogen and oxygen atoms in total. The summed E-state index contributed by atoms with van der Waals surface area (Å²) in [6.07, 6.45) is 3.88. The molecule has 10 heteroatoms. The number of rotatable bonds is 14. The lowest BCUT2D eigenvalue weighted by Gasteiger charge is -2.24. The van der Waals surface area contributed by atoms with Crippen molar-refractivity contribution in [3.63, 3.8) is 0 Å². The molecule has 0 spiro atoms. The summed E-state index contributed by atoms with van der Waals surface area (Å²) in [5.74, 6) is -1.41. The predicted molar refractivity (Wildman–Crippen MR) is 172 cm³/mol. The number of amides is 2. The molecule has 0 aliphatic carbocycles. The fourth-order valence-corrected chi connectivity index (χ4v) is 5.33. The summed E-state index contributed by atoms with van der Waals surface area (Å²) in [6.45, 7) is 2.09. The normalized spacial score (nSPS) is 10.9. The van der Waals surface area contributed by atoms with Gasteiger partial charge in [0.05, 0.1) is 28.2 Å². The first-order valence-corrected chi connectivity index (χ1v) is 14.9. The Bertz CT molecular complexity index is 1530. The standard InChI is InChI=1S/C33H37N5O4S/c1-36(2)16-7-17-37(3)29-13-12-26(21-28(29)35-32(41)30-11-6-19-43-30)25-9-4-8-24(20-25)23-38(18-14-31(39)40)33(42)27-10-5-15-34-22-27/h4-6,8-13,15,19-22H,7,14,16-18,23H2,1-3H3,(H,35,41)(H,39,40). The molecule has 4 rings (SSSR count). The third-order valence-corrected chi connectivity index (χ3v) is 7.79. The van der Waals surface area contributed by atoms with Gasteiger partial charge in [-0.05, 0) is 85.5 Å². The van der Waals surface area contributed by atoms with Crippen molar-refractivity contribution in [2.75, 3.05) is 51.0 Å². The Morgan fingerprint density at radius 3 is 2.42 bits per heavy atom. The fourth-order valence-electron chi connectivity index (χ4n) is 4.71. The monoisotopic (exact) mass is 599 g/mol. The number of carbonyl (C=O) groups is 3. The van der Waals surface area contributed by atoms with Gasteiger partial charge in [-0.2, -0.15) is 0 Å². The first kappa shape index (κ1) is 31.4. The van der Waals surface area contributed by atoms with Crippen LogP contribution in [-0.4, -0.2) is 78.5 Å². The van der Waals surface area contributed by atoms with Crippen molar-refractivity contribution in [3.05, 3.63) is 101 Å². The van der Waals surface area contributed by atoms with Crippen molar-refractivity contribution in [2.45, 2.75) is 19.4 Å². The van der Waals surface area contributed by atoms with Crippen molar-refractivity contribution >= 4 is 40.5 Å². The van der Waals surface area contributed by atoms with Crippen LogP contribution in [0.1, 0.15) is 38.4 Å². The molecule has 2 amide bonds. The lowest BCUT2D eigenvalue weighted by molar-refractivity contribution is -0.137. The number of anilines is 2. The molecule has 2 aromatic carbocycles. The van der Waals surface area contributed by atoms with Gasteiger partial charge in [0, 0.05) is 39.1 Å². The van der Waals surface area contributed by atoms with Gasteiger partial charge in [0.2, 0.25) is 0 Å². The van der Waals surface area contributed by atoms with Gasteiger partial charge in [0.15, 0.2) is 0 Å². The number of aromatic nitrogens is 1. The number of nitrogens with one attached hydrogen (secondary N) is 1. The number of carbonyl (C=O) groups excluding carboxylic acids is 2. The van der Waals surface area contributed by atoms with E-state index < -0.39 is 5.97 Å². The van der Waals surface area contributed by atoms with E-state index in [0.717, 1.165) is 41.9 Å². The fraction of sp³-hybridized carbons (Fsp3) is 0.273. The zero-order valence-corrected chi connectivity index (χ0v) is 25.5. The van der Waals surface area contributed by atoms with Crippen LogP contribution in [0.3, 0.4) is 0 Å². The van der Waals surface area contributed by atoms with Gasteiger partial charge in [-0.15, -0.1) is 11.3 Å². The summed E-state index contributed by atoms with van der Waals surface area (Å²) >= 11 is 1.39. The third kappa shape index (κ3) is 8.97. The second-order valence-corrected chi connectivity index (χ2v) is 11.5. The number of nitrogens with zero attached hydrogens (tertiary/aromatic N) is 4. The molecule has 43 heavy (non-hydrogen) atoms. The quantitative estimate of drug-likeness (QED) is 0.195. The number of pyridine rings is 1. The number of carboxylic acids is 1. The Balaban J connectivity index is 1.61. The highest BCUT2D eigenvalue weighted by Gasteiger charge is 2.19. The van der Waals surface area contributed by atoms with Gasteiger partial charge < -0.3 is 25.1 Å². The number of aliphatic carboxylic acids is 1. The average Bonchev–Trinajstić information content (AvgIpc) is 3.55. The van der Waals surface area contributed by atoms with Crippen molar-refractivity contribution in [1.82, 2.24) is 14.8 Å². The molecule has 0 fully saturated rings. The average molecular weight is 600 g/mol. The summed E-state index contributed by atoms with van der Waals surface area (Å²) in [5.41, 5.74) is 4.71. The summed E-state index contributed by atoms with van der Waals surface area (Å²) in [7, 11) is 6.13. The van der Waals surface area contributed by atoms with Crippen LogP contribution < -0.4 is 10.2 Å². The molecule has 2 aromatic heterocycles. The second-order valence-electron chi connectivity index (χ2n) is 10.6. The van der Waals surface area contributed by atoms with Crippen LogP contribution in [0.25, 0.3) is 11.1 Å². The molecule has 0 aliphatic rings. The Hall–Kier alpha value is -4.54. The number of hydrogen-bond acceptors (Lipinski definition) is 7. The highest BCUT2D eigenvalue weighted by atomic mass is 32.1. The second kappa shape index (κ2) is 15.1. The third-order valence-electron chi connectivity index (χ3n) is 6.92. The number of carboxylic acid groups (broad SMARTS) is 1. The molecule has 2 N–H and O–H groups in total. The van der Waals surface area contributed by atoms with E-state index in [2.05, 4.69) is 34.2 Å². The zero-order valence-electron chi connectivity index (χ0n) is 24.7. The Kier molecular flexibility index (Phi) is 11.0. The number of hydrogen-bond donors (Lipinski definition) is 2. The van der Waals surface area contributed by atoms with E-state index in [1.165, 1.54) is 22.4 Å². The maximum absolute atomic E-state index is 13.2. The number of thiophene rings is 1. The van der Waals surface area contributed by atoms with E-state index in [0.29, 0.717) is 16.1 Å². The van der Waals surface area contributed by atoms with Crippen molar-refractivity contribution in [2.24, 2.45) is 0 Å². The van der Waals surface area contributed by atoms with E-state index in [9.17, 15) is 19.5 Å². The first-order valence-electron chi connectivity index (χ1n) is 14.1. The minimum atomic E-state index is -0.971. The van der Waals surface area contributed by atoms with Gasteiger partial charge in [-0.1, -0.05) is 30.3 Å². The minimum absolute atomic E-state index is 0.0705. The SMILES string of the molecule is CN(C)CCCN(C)c1ccc(-c2cccc(CN(CCC(=O)O)C(=O)c3cccnc3)c2)cc1NC(=O)c1cccs1. The van der Waals surface area contributed by atoms with E-state index >= 15 is 0 Å². The summed E-state index contributed by atoms with van der Waals surface area (Å²) < 4.78 is 0. The van der Waals surface area contributed by atoms with Crippen LogP contribution in [0, 0.1) is 0 Å². The molecule has 0 saturated heterocycles. The predicted octanol–water partition coefficient (Wildman–Crippen LogP) is 5.57. The minimum Gasteiger partial charge on any atom is -0.481 e. The molecule has 0 unspecified atom stereocenters. The molecule has 224 valence electrons. The lowest BCUT2D eigenvalue weighted by atomic mass is 10.0. The molecule has 0 radical (unpaired) electrons. The zero-order chi connectivity index (χ0) is 30.8. The van der Waals surface area contributed by atoms with Crippen LogP contribution in [0.4, 0.5) is 11.4 Å². The maximum atomic E-state index is 13.2. The van der Waals surface area contributed by atoms with Gasteiger partial charge in [-0.25, -0.2) is 0 Å².